The molecule has 2 aromatic carbocycles. The van der Waals surface area contributed by atoms with Gasteiger partial charge in [0.05, 0.1) is 12.8 Å². The SMILES string of the molecule is C=CC(=O)Nc1cc(NC(=O)c2cc3cc(OC)ccc3[nH]2)ccc1F. The highest BCUT2D eigenvalue weighted by molar-refractivity contribution is 6.06. The van der Waals surface area contributed by atoms with Crippen LogP contribution in [0.5, 0.6) is 5.75 Å². The van der Waals surface area contributed by atoms with Gasteiger partial charge >= 0.3 is 0 Å². The molecule has 2 amide bonds. The molecule has 0 aliphatic rings. The first-order valence-corrected chi connectivity index (χ1v) is 7.71. The van der Waals surface area contributed by atoms with Crippen LogP contribution in [0.1, 0.15) is 10.5 Å². The highest BCUT2D eigenvalue weighted by Gasteiger charge is 2.12. The molecule has 0 bridgehead atoms. The van der Waals surface area contributed by atoms with Gasteiger partial charge in [-0.25, -0.2) is 4.39 Å². The molecule has 3 rings (SSSR count). The molecule has 1 aromatic heterocycles. The number of H-pyrrole nitrogens is 1. The molecule has 0 radical (unpaired) electrons. The van der Waals surface area contributed by atoms with Gasteiger partial charge in [-0.3, -0.25) is 9.59 Å². The van der Waals surface area contributed by atoms with Crippen molar-refractivity contribution in [2.75, 3.05) is 17.7 Å². The molecule has 0 unspecified atom stereocenters. The molecule has 0 saturated carbocycles. The standard InChI is InChI=1S/C19H16FN3O3/c1-3-18(24)23-16-10-12(4-6-14(16)20)21-19(25)17-9-11-8-13(26-2)5-7-15(11)22-17/h3-10,22H,1H2,2H3,(H,21,25)(H,23,24). The third kappa shape index (κ3) is 3.56. The highest BCUT2D eigenvalue weighted by atomic mass is 19.1. The normalized spacial score (nSPS) is 10.4. The lowest BCUT2D eigenvalue weighted by Crippen LogP contribution is -2.13. The number of anilines is 2. The maximum Gasteiger partial charge on any atom is 0.272 e. The van der Waals surface area contributed by atoms with E-state index in [1.54, 1.807) is 19.2 Å². The van der Waals surface area contributed by atoms with E-state index in [-0.39, 0.29) is 5.69 Å². The second kappa shape index (κ2) is 7.10. The third-order valence-electron chi connectivity index (χ3n) is 3.74. The monoisotopic (exact) mass is 353 g/mol. The summed E-state index contributed by atoms with van der Waals surface area (Å²) in [5, 5.41) is 5.83. The Balaban J connectivity index is 1.82. The zero-order valence-corrected chi connectivity index (χ0v) is 13.9. The summed E-state index contributed by atoms with van der Waals surface area (Å²) in [6.45, 7) is 3.31. The summed E-state index contributed by atoms with van der Waals surface area (Å²) >= 11 is 0. The lowest BCUT2D eigenvalue weighted by Gasteiger charge is -2.08. The van der Waals surface area contributed by atoms with Crippen LogP contribution in [0.3, 0.4) is 0 Å². The summed E-state index contributed by atoms with van der Waals surface area (Å²) in [7, 11) is 1.57. The number of fused-ring (bicyclic) bond motifs is 1. The largest absolute Gasteiger partial charge is 0.497 e. The fourth-order valence-corrected chi connectivity index (χ4v) is 2.44. The molecule has 3 aromatic rings. The third-order valence-corrected chi connectivity index (χ3v) is 3.74. The Morgan fingerprint density at radius 3 is 2.69 bits per heavy atom. The second-order valence-electron chi connectivity index (χ2n) is 5.48. The van der Waals surface area contributed by atoms with Crippen molar-refractivity contribution in [3.05, 3.63) is 66.6 Å². The Hall–Kier alpha value is -3.61. The van der Waals surface area contributed by atoms with Crippen LogP contribution in [0.25, 0.3) is 10.9 Å². The smallest absolute Gasteiger partial charge is 0.272 e. The average Bonchev–Trinajstić information content (AvgIpc) is 3.07. The van der Waals surface area contributed by atoms with Gasteiger partial charge in [0.1, 0.15) is 17.3 Å². The number of methoxy groups -OCH3 is 1. The second-order valence-corrected chi connectivity index (χ2v) is 5.48. The average molecular weight is 353 g/mol. The predicted molar refractivity (Wildman–Crippen MR) is 98.0 cm³/mol. The van der Waals surface area contributed by atoms with E-state index in [1.807, 2.05) is 12.1 Å². The number of rotatable bonds is 5. The van der Waals surface area contributed by atoms with Crippen molar-refractivity contribution in [1.29, 1.82) is 0 Å². The number of aromatic nitrogens is 1. The molecular formula is C19H16FN3O3. The fourth-order valence-electron chi connectivity index (χ4n) is 2.44. The van der Waals surface area contributed by atoms with Gasteiger partial charge in [0.15, 0.2) is 0 Å². The zero-order chi connectivity index (χ0) is 18.7. The van der Waals surface area contributed by atoms with Gasteiger partial charge in [0.2, 0.25) is 5.91 Å². The molecule has 0 saturated heterocycles. The van der Waals surface area contributed by atoms with Crippen molar-refractivity contribution in [2.45, 2.75) is 0 Å². The van der Waals surface area contributed by atoms with Crippen LogP contribution < -0.4 is 15.4 Å². The number of hydrogen-bond acceptors (Lipinski definition) is 3. The molecule has 3 N–H and O–H groups in total. The Morgan fingerprint density at radius 1 is 1.15 bits per heavy atom. The molecule has 7 heteroatoms. The number of aromatic amines is 1. The van der Waals surface area contributed by atoms with Gasteiger partial charge in [0, 0.05) is 16.6 Å². The van der Waals surface area contributed by atoms with Crippen LogP contribution in [0.2, 0.25) is 0 Å². The minimum atomic E-state index is -0.615. The predicted octanol–water partition coefficient (Wildman–Crippen LogP) is 3.69. The quantitative estimate of drug-likeness (QED) is 0.612. The summed E-state index contributed by atoms with van der Waals surface area (Å²) in [6.07, 6.45) is 1.03. The number of halogens is 1. The minimum absolute atomic E-state index is 0.0471. The number of hydrogen-bond donors (Lipinski definition) is 3. The minimum Gasteiger partial charge on any atom is -0.497 e. The summed E-state index contributed by atoms with van der Waals surface area (Å²) in [5.74, 6) is -0.870. The van der Waals surface area contributed by atoms with E-state index in [1.165, 1.54) is 12.1 Å². The summed E-state index contributed by atoms with van der Waals surface area (Å²) in [4.78, 5) is 26.8. The van der Waals surface area contributed by atoms with Gasteiger partial charge in [0.25, 0.3) is 5.91 Å². The van der Waals surface area contributed by atoms with Crippen molar-refractivity contribution in [3.8, 4) is 5.75 Å². The van der Waals surface area contributed by atoms with Gasteiger partial charge in [-0.05, 0) is 48.5 Å². The molecule has 0 fully saturated rings. The fraction of sp³-hybridized carbons (Fsp3) is 0.0526. The Bertz CT molecular complexity index is 1010. The van der Waals surface area contributed by atoms with Gasteiger partial charge in [-0.15, -0.1) is 0 Å². The van der Waals surface area contributed by atoms with Crippen LogP contribution in [0.4, 0.5) is 15.8 Å². The number of carbonyl (C=O) groups is 2. The maximum absolute atomic E-state index is 13.8. The molecular weight excluding hydrogens is 337 g/mol. The zero-order valence-electron chi connectivity index (χ0n) is 13.9. The van der Waals surface area contributed by atoms with Crippen molar-refractivity contribution in [3.63, 3.8) is 0 Å². The van der Waals surface area contributed by atoms with E-state index in [9.17, 15) is 14.0 Å². The van der Waals surface area contributed by atoms with E-state index in [0.717, 1.165) is 23.0 Å². The first-order valence-electron chi connectivity index (χ1n) is 7.71. The van der Waals surface area contributed by atoms with Crippen molar-refractivity contribution >= 4 is 34.1 Å². The van der Waals surface area contributed by atoms with Crippen molar-refractivity contribution in [1.82, 2.24) is 4.98 Å². The number of nitrogens with one attached hydrogen (secondary N) is 3. The van der Waals surface area contributed by atoms with Crippen LogP contribution in [-0.4, -0.2) is 23.9 Å². The number of benzene rings is 2. The summed E-state index contributed by atoms with van der Waals surface area (Å²) in [6, 6.07) is 11.0. The van der Waals surface area contributed by atoms with E-state index >= 15 is 0 Å². The van der Waals surface area contributed by atoms with Gasteiger partial charge in [-0.2, -0.15) is 0 Å². The van der Waals surface area contributed by atoms with Crippen LogP contribution >= 0.6 is 0 Å². The molecule has 6 nitrogen and oxygen atoms in total. The Morgan fingerprint density at radius 2 is 1.96 bits per heavy atom. The van der Waals surface area contributed by atoms with E-state index < -0.39 is 17.6 Å². The first kappa shape index (κ1) is 17.2. The van der Waals surface area contributed by atoms with Crippen LogP contribution in [0, 0.1) is 5.82 Å². The first-order chi connectivity index (χ1) is 12.5. The Labute approximate surface area is 148 Å². The van der Waals surface area contributed by atoms with E-state index in [2.05, 4.69) is 22.2 Å². The van der Waals surface area contributed by atoms with Crippen molar-refractivity contribution in [2.24, 2.45) is 0 Å². The highest BCUT2D eigenvalue weighted by Crippen LogP contribution is 2.23. The number of amides is 2. The number of carbonyl (C=O) groups excluding carboxylic acids is 2. The molecule has 0 aliphatic heterocycles. The maximum atomic E-state index is 13.8. The topological polar surface area (TPSA) is 83.2 Å². The number of ether oxygens (including phenoxy) is 1. The summed E-state index contributed by atoms with van der Waals surface area (Å²) in [5.41, 5.74) is 1.42. The molecule has 132 valence electrons. The molecule has 0 aliphatic carbocycles. The summed E-state index contributed by atoms with van der Waals surface area (Å²) < 4.78 is 18.9. The Kier molecular flexibility index (Phi) is 4.70. The molecule has 26 heavy (non-hydrogen) atoms. The van der Waals surface area contributed by atoms with E-state index in [0.29, 0.717) is 17.1 Å². The van der Waals surface area contributed by atoms with Gasteiger partial charge in [-0.1, -0.05) is 6.58 Å². The van der Waals surface area contributed by atoms with Crippen LogP contribution in [-0.2, 0) is 4.79 Å². The van der Waals surface area contributed by atoms with Gasteiger partial charge < -0.3 is 20.4 Å². The lowest BCUT2D eigenvalue weighted by atomic mass is 10.2. The van der Waals surface area contributed by atoms with E-state index in [4.69, 9.17) is 4.74 Å². The molecule has 0 atom stereocenters. The van der Waals surface area contributed by atoms with Crippen LogP contribution in [0.15, 0.2) is 55.1 Å². The lowest BCUT2D eigenvalue weighted by molar-refractivity contribution is -0.111. The molecule has 0 spiro atoms. The molecule has 1 heterocycles. The van der Waals surface area contributed by atoms with Crippen molar-refractivity contribution < 1.29 is 18.7 Å².